The van der Waals surface area contributed by atoms with E-state index in [4.69, 9.17) is 18.9 Å². The number of benzene rings is 11. The fraction of sp³-hybridized carbons (Fsp3) is 0. The van der Waals surface area contributed by atoms with Crippen molar-refractivity contribution >= 4 is 120 Å². The van der Waals surface area contributed by atoms with Crippen LogP contribution in [0.4, 0.5) is 51.2 Å². The lowest BCUT2D eigenvalue weighted by Gasteiger charge is -2.47. The molecule has 0 saturated heterocycles. The van der Waals surface area contributed by atoms with Gasteiger partial charge in [-0.2, -0.15) is 0 Å². The van der Waals surface area contributed by atoms with Crippen LogP contribution in [0.1, 0.15) is 0 Å². The number of nitrogens with zero attached hydrogens (tertiary/aromatic N) is 3. The molecule has 0 spiro atoms. The van der Waals surface area contributed by atoms with Gasteiger partial charge in [-0.15, -0.1) is 0 Å². The molecule has 11 aromatic carbocycles. The first-order valence-corrected chi connectivity index (χ1v) is 26.0. The third-order valence-electron chi connectivity index (χ3n) is 16.2. The summed E-state index contributed by atoms with van der Waals surface area (Å²) < 4.78 is 29.4. The predicted octanol–water partition coefficient (Wildman–Crippen LogP) is 10.7. The molecular formula is C66H40B3N3O4. The Hall–Kier alpha value is -9.79. The monoisotopic (exact) mass is 971 g/mol. The van der Waals surface area contributed by atoms with Crippen LogP contribution >= 0.6 is 0 Å². The lowest BCUT2D eigenvalue weighted by Crippen LogP contribution is -2.66. The van der Waals surface area contributed by atoms with Crippen LogP contribution in [0.2, 0.25) is 0 Å². The van der Waals surface area contributed by atoms with Crippen molar-refractivity contribution < 1.29 is 18.9 Å². The summed E-state index contributed by atoms with van der Waals surface area (Å²) in [5.74, 6) is 6.47. The van der Waals surface area contributed by atoms with Crippen molar-refractivity contribution in [1.29, 1.82) is 0 Å². The minimum atomic E-state index is -0.433. The molecule has 0 aromatic heterocycles. The number of ether oxygens (including phenoxy) is 4. The van der Waals surface area contributed by atoms with E-state index in [1.807, 2.05) is 0 Å². The van der Waals surface area contributed by atoms with E-state index in [9.17, 15) is 0 Å². The van der Waals surface area contributed by atoms with Crippen molar-refractivity contribution in [2.75, 3.05) is 14.7 Å². The molecule has 0 radical (unpaired) electrons. The Morgan fingerprint density at radius 1 is 0.263 bits per heavy atom. The molecule has 0 amide bonds. The Morgan fingerprint density at radius 2 is 0.592 bits per heavy atom. The first-order valence-electron chi connectivity index (χ1n) is 26.0. The quantitative estimate of drug-likeness (QED) is 0.159. The van der Waals surface area contributed by atoms with Crippen molar-refractivity contribution in [2.45, 2.75) is 0 Å². The van der Waals surface area contributed by atoms with E-state index >= 15 is 0 Å². The zero-order chi connectivity index (χ0) is 49.6. The molecule has 0 N–H and O–H groups in total. The molecular weight excluding hydrogens is 931 g/mol. The Bertz CT molecular complexity index is 3950. The summed E-state index contributed by atoms with van der Waals surface area (Å²) in [6, 6.07) is 86.2. The van der Waals surface area contributed by atoms with Crippen molar-refractivity contribution in [1.82, 2.24) is 0 Å². The standard InChI is InChI=1S/C66H40B3N3O4/c1-5-21-41(22-6-1)70(42-23-7-2-8-24-42)45-37-50-60-51(38-45)72(44-27-11-4-12-28-44)53-40-59-64-66(76-57-36-20-16-32-49(57)68(64)47-30-14-18-34-55(47)74-59)62(53)69(60)61-52(71(50)43-25-9-3-10-26-43)39-58-63-65(61)75-56-35-19-15-31-48(56)67(63)46-29-13-17-33-54(46)73-58/h1-40H. The molecule has 0 bridgehead atoms. The predicted molar refractivity (Wildman–Crippen MR) is 311 cm³/mol. The molecule has 17 rings (SSSR count). The molecule has 0 unspecified atom stereocenters. The molecule has 0 fully saturated rings. The molecule has 7 nitrogen and oxygen atoms in total. The van der Waals surface area contributed by atoms with Crippen molar-refractivity contribution in [3.63, 3.8) is 0 Å². The second-order valence-corrected chi connectivity index (χ2v) is 20.2. The summed E-state index contributed by atoms with van der Waals surface area (Å²) in [4.78, 5) is 7.25. The summed E-state index contributed by atoms with van der Waals surface area (Å²) in [5.41, 5.74) is 18.7. The fourth-order valence-corrected chi connectivity index (χ4v) is 13.2. The maximum absolute atomic E-state index is 7.57. The van der Waals surface area contributed by atoms with Crippen LogP contribution in [0.5, 0.6) is 46.0 Å². The van der Waals surface area contributed by atoms with Gasteiger partial charge in [0.05, 0.1) is 5.69 Å². The summed E-state index contributed by atoms with van der Waals surface area (Å²) in [5, 5.41) is 0. The Labute approximate surface area is 440 Å². The van der Waals surface area contributed by atoms with Crippen LogP contribution < -0.4 is 82.8 Å². The maximum Gasteiger partial charge on any atom is 0.261 e. The van der Waals surface area contributed by atoms with Crippen LogP contribution in [-0.4, -0.2) is 20.1 Å². The molecule has 6 aliphatic rings. The highest BCUT2D eigenvalue weighted by molar-refractivity contribution is 7.05. The van der Waals surface area contributed by atoms with Crippen molar-refractivity contribution in [2.24, 2.45) is 0 Å². The van der Waals surface area contributed by atoms with E-state index in [-0.39, 0.29) is 13.4 Å². The molecule has 6 aliphatic heterocycles. The number of fused-ring (bicyclic) bond motifs is 14. The van der Waals surface area contributed by atoms with E-state index in [0.717, 1.165) is 146 Å². The molecule has 0 saturated carbocycles. The lowest BCUT2D eigenvalue weighted by atomic mass is 9.29. The van der Waals surface area contributed by atoms with E-state index in [1.54, 1.807) is 0 Å². The molecule has 11 aromatic rings. The van der Waals surface area contributed by atoms with Crippen LogP contribution in [0, 0.1) is 0 Å². The lowest BCUT2D eigenvalue weighted by molar-refractivity contribution is 0.466. The zero-order valence-electron chi connectivity index (χ0n) is 40.8. The van der Waals surface area contributed by atoms with E-state index in [2.05, 4.69) is 257 Å². The average molecular weight is 971 g/mol. The van der Waals surface area contributed by atoms with Crippen LogP contribution in [0.15, 0.2) is 243 Å². The van der Waals surface area contributed by atoms with Gasteiger partial charge in [0.2, 0.25) is 0 Å². The second kappa shape index (κ2) is 15.9. The van der Waals surface area contributed by atoms with Gasteiger partial charge in [0.25, 0.3) is 20.1 Å². The van der Waals surface area contributed by atoms with Crippen LogP contribution in [-0.2, 0) is 0 Å². The summed E-state index contributed by atoms with van der Waals surface area (Å²) in [7, 11) is 0. The zero-order valence-corrected chi connectivity index (χ0v) is 40.8. The Morgan fingerprint density at radius 3 is 0.987 bits per heavy atom. The molecule has 0 aliphatic carbocycles. The van der Waals surface area contributed by atoms with Gasteiger partial charge in [-0.1, -0.05) is 146 Å². The Balaban J connectivity index is 1.05. The van der Waals surface area contributed by atoms with Crippen LogP contribution in [0.25, 0.3) is 0 Å². The topological polar surface area (TPSA) is 46.6 Å². The number of hydrogen-bond donors (Lipinski definition) is 0. The Kier molecular flexibility index (Phi) is 8.69. The molecule has 76 heavy (non-hydrogen) atoms. The van der Waals surface area contributed by atoms with E-state index in [1.165, 1.54) is 0 Å². The third-order valence-corrected chi connectivity index (χ3v) is 16.2. The van der Waals surface area contributed by atoms with Crippen molar-refractivity contribution in [3.8, 4) is 46.0 Å². The average Bonchev–Trinajstić information content (AvgIpc) is 3.62. The molecule has 0 atom stereocenters. The molecule has 352 valence electrons. The first-order chi connectivity index (χ1) is 37.7. The van der Waals surface area contributed by atoms with Gasteiger partial charge >= 0.3 is 0 Å². The summed E-state index contributed by atoms with van der Waals surface area (Å²) in [6.07, 6.45) is 0. The van der Waals surface area contributed by atoms with E-state index < -0.39 is 6.71 Å². The first kappa shape index (κ1) is 41.7. The van der Waals surface area contributed by atoms with Gasteiger partial charge in [0, 0.05) is 68.6 Å². The number of para-hydroxylation sites is 8. The minimum Gasteiger partial charge on any atom is -0.459 e. The van der Waals surface area contributed by atoms with Gasteiger partial charge in [0.15, 0.2) is 0 Å². The van der Waals surface area contributed by atoms with Gasteiger partial charge in [-0.3, -0.25) is 0 Å². The second-order valence-electron chi connectivity index (χ2n) is 20.2. The smallest absolute Gasteiger partial charge is 0.261 e. The van der Waals surface area contributed by atoms with Gasteiger partial charge in [-0.05, 0) is 123 Å². The third kappa shape index (κ3) is 5.81. The largest absolute Gasteiger partial charge is 0.459 e. The van der Waals surface area contributed by atoms with Gasteiger partial charge in [-0.25, -0.2) is 0 Å². The minimum absolute atomic E-state index is 0.146. The van der Waals surface area contributed by atoms with Gasteiger partial charge in [0.1, 0.15) is 46.0 Å². The number of hydrogen-bond acceptors (Lipinski definition) is 7. The fourth-order valence-electron chi connectivity index (χ4n) is 13.2. The summed E-state index contributed by atoms with van der Waals surface area (Å²) >= 11 is 0. The van der Waals surface area contributed by atoms with E-state index in [0.29, 0.717) is 0 Å². The maximum atomic E-state index is 7.57. The normalized spacial score (nSPS) is 13.8. The molecule has 6 heterocycles. The number of rotatable bonds is 5. The van der Waals surface area contributed by atoms with Crippen LogP contribution in [0.3, 0.4) is 0 Å². The highest BCUT2D eigenvalue weighted by Crippen LogP contribution is 2.52. The number of anilines is 9. The highest BCUT2D eigenvalue weighted by atomic mass is 16.5. The SMILES string of the molecule is c1ccc(N(c2ccccc2)c2cc3c4c(c2)N(c2ccccc2)c2cc5c6c(c2B4c2c(cc4c7c2Oc2ccccc2B7c2ccccc2O4)N3c2ccccc2)Oc2ccccc2B6c2ccccc2O5)cc1. The van der Waals surface area contributed by atoms with Gasteiger partial charge < -0.3 is 33.6 Å². The molecule has 10 heteroatoms. The summed E-state index contributed by atoms with van der Waals surface area (Å²) in [6.45, 7) is -0.725. The van der Waals surface area contributed by atoms with Crippen molar-refractivity contribution in [3.05, 3.63) is 243 Å². The highest BCUT2D eigenvalue weighted by Gasteiger charge is 2.53.